The summed E-state index contributed by atoms with van der Waals surface area (Å²) in [5.41, 5.74) is 0. The van der Waals surface area contributed by atoms with Crippen LogP contribution in [0.1, 0.15) is 6.92 Å². The van der Waals surface area contributed by atoms with Crippen LogP contribution in [-0.2, 0) is 14.2 Å². The fourth-order valence-corrected chi connectivity index (χ4v) is 3.61. The van der Waals surface area contributed by atoms with Crippen molar-refractivity contribution in [3.8, 4) is 0 Å². The van der Waals surface area contributed by atoms with Gasteiger partial charge in [-0.1, -0.05) is 0 Å². The van der Waals surface area contributed by atoms with Crippen molar-refractivity contribution in [2.75, 3.05) is 13.2 Å². The second-order valence-electron chi connectivity index (χ2n) is 6.34. The van der Waals surface area contributed by atoms with Gasteiger partial charge in [0, 0.05) is 12.8 Å². The van der Waals surface area contributed by atoms with E-state index < -0.39 is 74.2 Å². The van der Waals surface area contributed by atoms with E-state index >= 15 is 0 Å². The van der Waals surface area contributed by atoms with Gasteiger partial charge in [0.15, 0.2) is 5.90 Å². The summed E-state index contributed by atoms with van der Waals surface area (Å²) in [5.74, 6) is -0.546. The number of aliphatic hydroxyl groups excluding tert-OH is 6. The average molecular weight is 349 g/mol. The van der Waals surface area contributed by atoms with Crippen LogP contribution in [-0.4, -0.2) is 105 Å². The standard InChI is InChI=1S/C14H23NO9/c1-4-15-8-7(9(18)5(2-16)24-14(8)22-4)13-12(21)11(20)10(19)6(3-17)23-13/h5-14,16-21H,2-3H2,1H3/t5-,6-,7-,8-,9-,10+,11+,12-,13+,14+/m1/s1. The molecule has 3 heterocycles. The summed E-state index contributed by atoms with van der Waals surface area (Å²) in [6.07, 6.45) is -9.90. The number of aliphatic imine (C=N–C) groups is 1. The van der Waals surface area contributed by atoms with Crippen molar-refractivity contribution < 1.29 is 44.8 Å². The highest BCUT2D eigenvalue weighted by molar-refractivity contribution is 5.75. The second kappa shape index (κ2) is 6.81. The van der Waals surface area contributed by atoms with E-state index in [0.717, 1.165) is 0 Å². The molecule has 6 N–H and O–H groups in total. The van der Waals surface area contributed by atoms with Crippen LogP contribution < -0.4 is 0 Å². The van der Waals surface area contributed by atoms with Crippen LogP contribution in [0.2, 0.25) is 0 Å². The molecule has 2 fully saturated rings. The van der Waals surface area contributed by atoms with Crippen molar-refractivity contribution in [3.63, 3.8) is 0 Å². The average Bonchev–Trinajstić information content (AvgIpc) is 2.93. The van der Waals surface area contributed by atoms with E-state index in [2.05, 4.69) is 4.99 Å². The molecule has 24 heavy (non-hydrogen) atoms. The molecular formula is C14H23NO9. The van der Waals surface area contributed by atoms with Gasteiger partial charge < -0.3 is 44.8 Å². The molecule has 0 aromatic heterocycles. The molecule has 10 atom stereocenters. The first kappa shape index (κ1) is 18.0. The quantitative estimate of drug-likeness (QED) is 0.302. The largest absolute Gasteiger partial charge is 0.450 e. The summed E-state index contributed by atoms with van der Waals surface area (Å²) < 4.78 is 16.4. The predicted octanol–water partition coefficient (Wildman–Crippen LogP) is -3.66. The summed E-state index contributed by atoms with van der Waals surface area (Å²) in [6, 6.07) is -0.718. The Bertz CT molecular complexity index is 487. The molecule has 0 unspecified atom stereocenters. The Morgan fingerprint density at radius 2 is 1.50 bits per heavy atom. The monoisotopic (exact) mass is 349 g/mol. The zero-order valence-electron chi connectivity index (χ0n) is 13.0. The lowest BCUT2D eigenvalue weighted by Gasteiger charge is -2.48. The molecule has 0 spiro atoms. The first-order valence-corrected chi connectivity index (χ1v) is 7.85. The van der Waals surface area contributed by atoms with Gasteiger partial charge in [0.05, 0.1) is 25.4 Å². The fraction of sp³-hybridized carbons (Fsp3) is 0.929. The minimum absolute atomic E-state index is 0.324. The van der Waals surface area contributed by atoms with Crippen LogP contribution in [0.4, 0.5) is 0 Å². The first-order chi connectivity index (χ1) is 11.4. The Balaban J connectivity index is 1.91. The van der Waals surface area contributed by atoms with Crippen molar-refractivity contribution in [1.82, 2.24) is 0 Å². The van der Waals surface area contributed by atoms with Gasteiger partial charge >= 0.3 is 0 Å². The van der Waals surface area contributed by atoms with Gasteiger partial charge in [-0.3, -0.25) is 0 Å². The van der Waals surface area contributed by atoms with Gasteiger partial charge in [-0.15, -0.1) is 0 Å². The molecule has 138 valence electrons. The minimum Gasteiger partial charge on any atom is -0.450 e. The Morgan fingerprint density at radius 3 is 2.12 bits per heavy atom. The van der Waals surface area contributed by atoms with Crippen molar-refractivity contribution in [3.05, 3.63) is 0 Å². The van der Waals surface area contributed by atoms with Gasteiger partial charge in [0.2, 0.25) is 6.29 Å². The Labute approximate surface area is 137 Å². The number of hydrogen-bond acceptors (Lipinski definition) is 10. The lowest BCUT2D eigenvalue weighted by atomic mass is 9.78. The second-order valence-corrected chi connectivity index (χ2v) is 6.34. The van der Waals surface area contributed by atoms with Gasteiger partial charge in [0.1, 0.15) is 36.6 Å². The molecule has 0 aliphatic carbocycles. The zero-order chi connectivity index (χ0) is 17.6. The van der Waals surface area contributed by atoms with Crippen molar-refractivity contribution in [2.45, 2.75) is 62.0 Å². The topological polar surface area (TPSA) is 161 Å². The molecule has 0 amide bonds. The summed E-state index contributed by atoms with van der Waals surface area (Å²) in [4.78, 5) is 4.25. The maximum atomic E-state index is 10.5. The highest BCUT2D eigenvalue weighted by atomic mass is 16.7. The van der Waals surface area contributed by atoms with E-state index in [1.807, 2.05) is 0 Å². The highest BCUT2D eigenvalue weighted by Crippen LogP contribution is 2.39. The van der Waals surface area contributed by atoms with Crippen molar-refractivity contribution >= 4 is 5.90 Å². The number of rotatable bonds is 3. The molecule has 3 aliphatic heterocycles. The maximum absolute atomic E-state index is 10.5. The van der Waals surface area contributed by atoms with Gasteiger partial charge in [-0.25, -0.2) is 4.99 Å². The van der Waals surface area contributed by atoms with E-state index in [9.17, 15) is 30.6 Å². The zero-order valence-corrected chi connectivity index (χ0v) is 13.0. The Kier molecular flexibility index (Phi) is 5.09. The van der Waals surface area contributed by atoms with Crippen LogP contribution in [0.5, 0.6) is 0 Å². The lowest BCUT2D eigenvalue weighted by molar-refractivity contribution is -0.283. The molecule has 3 rings (SSSR count). The van der Waals surface area contributed by atoms with Crippen LogP contribution >= 0.6 is 0 Å². The minimum atomic E-state index is -1.56. The predicted molar refractivity (Wildman–Crippen MR) is 77.0 cm³/mol. The smallest absolute Gasteiger partial charge is 0.224 e. The van der Waals surface area contributed by atoms with Crippen LogP contribution in [0.3, 0.4) is 0 Å². The molecule has 0 saturated carbocycles. The van der Waals surface area contributed by atoms with Crippen LogP contribution in [0.15, 0.2) is 4.99 Å². The Hall–Kier alpha value is -0.850. The summed E-state index contributed by atoms with van der Waals surface area (Å²) in [5, 5.41) is 59.5. The maximum Gasteiger partial charge on any atom is 0.224 e. The van der Waals surface area contributed by atoms with Crippen molar-refractivity contribution in [1.29, 1.82) is 0 Å². The molecule has 0 radical (unpaired) electrons. The van der Waals surface area contributed by atoms with E-state index in [1.54, 1.807) is 6.92 Å². The summed E-state index contributed by atoms with van der Waals surface area (Å²) in [6.45, 7) is 0.546. The third-order valence-electron chi connectivity index (χ3n) is 4.86. The highest BCUT2D eigenvalue weighted by Gasteiger charge is 2.57. The molecule has 0 aromatic rings. The normalized spacial score (nSPS) is 51.7. The molecule has 10 heteroatoms. The van der Waals surface area contributed by atoms with Gasteiger partial charge in [-0.2, -0.15) is 0 Å². The molecule has 10 nitrogen and oxygen atoms in total. The fourth-order valence-electron chi connectivity index (χ4n) is 3.61. The number of aliphatic hydroxyl groups is 6. The first-order valence-electron chi connectivity index (χ1n) is 7.85. The van der Waals surface area contributed by atoms with E-state index in [4.69, 9.17) is 14.2 Å². The number of fused-ring (bicyclic) bond motifs is 1. The number of ether oxygens (including phenoxy) is 3. The summed E-state index contributed by atoms with van der Waals surface area (Å²) in [7, 11) is 0. The Morgan fingerprint density at radius 1 is 0.875 bits per heavy atom. The van der Waals surface area contributed by atoms with Gasteiger partial charge in [0.25, 0.3) is 0 Å². The van der Waals surface area contributed by atoms with Crippen LogP contribution in [0.25, 0.3) is 0 Å². The van der Waals surface area contributed by atoms with Crippen molar-refractivity contribution in [2.24, 2.45) is 10.9 Å². The lowest BCUT2D eigenvalue weighted by Crippen LogP contribution is -2.66. The van der Waals surface area contributed by atoms with E-state index in [1.165, 1.54) is 0 Å². The molecule has 3 aliphatic rings. The molecule has 2 saturated heterocycles. The van der Waals surface area contributed by atoms with Crippen LogP contribution in [0, 0.1) is 5.92 Å². The molecule has 0 bridgehead atoms. The third-order valence-corrected chi connectivity index (χ3v) is 4.86. The van der Waals surface area contributed by atoms with E-state index in [-0.39, 0.29) is 0 Å². The number of nitrogens with zero attached hydrogens (tertiary/aromatic N) is 1. The summed E-state index contributed by atoms with van der Waals surface area (Å²) >= 11 is 0. The number of hydrogen-bond donors (Lipinski definition) is 6. The molecular weight excluding hydrogens is 326 g/mol. The molecule has 0 aromatic carbocycles. The van der Waals surface area contributed by atoms with E-state index in [0.29, 0.717) is 5.90 Å². The SMILES string of the molecule is CC1=N[C@H]2[C@@H](O1)O[C@H](CO)[C@@H](O)[C@@H]2[C@@H]1O[C@H](CO)[C@H](O)[C@H](O)[C@H]1O. The third kappa shape index (κ3) is 2.82. The van der Waals surface area contributed by atoms with Gasteiger partial charge in [-0.05, 0) is 0 Å².